The van der Waals surface area contributed by atoms with Crippen LogP contribution in [0.25, 0.3) is 118 Å². The van der Waals surface area contributed by atoms with E-state index >= 15 is 0 Å². The molecule has 0 saturated carbocycles. The molecule has 0 atom stereocenters. The summed E-state index contributed by atoms with van der Waals surface area (Å²) in [6.07, 6.45) is 0. The van der Waals surface area contributed by atoms with Crippen LogP contribution in [0, 0.1) is 0 Å². The number of rotatable bonds is 0. The van der Waals surface area contributed by atoms with Crippen LogP contribution in [0.2, 0.25) is 0 Å². The van der Waals surface area contributed by atoms with Crippen LogP contribution < -0.4 is 0 Å². The lowest BCUT2D eigenvalue weighted by Gasteiger charge is -2.13. The molecule has 0 aliphatic rings. The van der Waals surface area contributed by atoms with Gasteiger partial charge in [-0.05, 0) is 143 Å². The van der Waals surface area contributed by atoms with E-state index in [9.17, 15) is 0 Å². The fourth-order valence-electron chi connectivity index (χ4n) is 9.46. The van der Waals surface area contributed by atoms with Gasteiger partial charge < -0.3 is 0 Å². The lowest BCUT2D eigenvalue weighted by atomic mass is 9.90. The fraction of sp³-hybridized carbons (Fsp3) is 0.0196. The van der Waals surface area contributed by atoms with Gasteiger partial charge in [-0.2, -0.15) is 0 Å². The minimum absolute atomic E-state index is 0.194. The molecular weight excluding hydrogens is 683 g/mol. The van der Waals surface area contributed by atoms with E-state index in [0.717, 1.165) is 0 Å². The number of hydrogen-bond acceptors (Lipinski definition) is 0. The van der Waals surface area contributed by atoms with Crippen LogP contribution in [0.1, 0.15) is 0 Å². The molecule has 248 valence electrons. The van der Waals surface area contributed by atoms with Gasteiger partial charge in [0.05, 0.1) is 5.34 Å². The zero-order chi connectivity index (χ0) is 35.2. The van der Waals surface area contributed by atoms with Gasteiger partial charge in [0.25, 0.3) is 0 Å². The average Bonchev–Trinajstić information content (AvgIpc) is 3.41. The molecule has 0 aliphatic carbocycles. The van der Waals surface area contributed by atoms with Gasteiger partial charge in [0, 0.05) is 0 Å². The highest BCUT2D eigenvalue weighted by Gasteiger charge is 2.18. The molecule has 53 heavy (non-hydrogen) atoms. The number of hydrogen-bond donors (Lipinski definition) is 0. The van der Waals surface area contributed by atoms with Crippen molar-refractivity contribution in [1.29, 1.82) is 0 Å². The topological polar surface area (TPSA) is 0 Å². The van der Waals surface area contributed by atoms with Crippen LogP contribution in [0.15, 0.2) is 170 Å². The Bertz CT molecular complexity index is 3050. The van der Waals surface area contributed by atoms with E-state index in [1.165, 1.54) is 118 Å². The van der Waals surface area contributed by atoms with Gasteiger partial charge in [0.2, 0.25) is 0 Å². The molecule has 10 bridgehead atoms. The Kier molecular flexibility index (Phi) is 6.83. The first-order valence-corrected chi connectivity index (χ1v) is 19.1. The predicted octanol–water partition coefficient (Wildman–Crippen LogP) is 15.8. The Labute approximate surface area is 315 Å². The zero-order valence-electron chi connectivity index (χ0n) is 28.6. The number of halogens is 2. The highest BCUT2D eigenvalue weighted by Crippen LogP contribution is 2.47. The third-order valence-corrected chi connectivity index (χ3v) is 11.5. The maximum absolute atomic E-state index is 4.76. The van der Waals surface area contributed by atoms with Gasteiger partial charge >= 0.3 is 0 Å². The Balaban J connectivity index is 0.00000107. The van der Waals surface area contributed by atoms with E-state index in [-0.39, 0.29) is 5.34 Å². The predicted molar refractivity (Wildman–Crippen MR) is 236 cm³/mol. The van der Waals surface area contributed by atoms with Crippen LogP contribution in [-0.2, 0) is 0 Å². The molecule has 0 spiro atoms. The largest absolute Gasteiger partial charge is 0.109 e. The van der Waals surface area contributed by atoms with Crippen molar-refractivity contribution in [3.05, 3.63) is 170 Å². The van der Waals surface area contributed by atoms with Crippen molar-refractivity contribution in [2.24, 2.45) is 0 Å². The van der Waals surface area contributed by atoms with Gasteiger partial charge in [-0.15, -0.1) is 23.2 Å². The van der Waals surface area contributed by atoms with Gasteiger partial charge in [-0.1, -0.05) is 146 Å². The first kappa shape index (κ1) is 30.7. The third-order valence-electron chi connectivity index (χ3n) is 11.5. The monoisotopic (exact) mass is 712 g/mol. The highest BCUT2D eigenvalue weighted by atomic mass is 35.5. The minimum Gasteiger partial charge on any atom is -0.109 e. The minimum atomic E-state index is 0.194. The Morgan fingerprint density at radius 3 is 0.509 bits per heavy atom. The maximum atomic E-state index is 4.76. The number of benzene rings is 8. The Hall–Kier alpha value is -5.92. The Morgan fingerprint density at radius 1 is 0.208 bits per heavy atom. The Morgan fingerprint density at radius 2 is 0.340 bits per heavy atom. The second-order valence-corrected chi connectivity index (χ2v) is 14.8. The molecule has 0 amide bonds. The fourth-order valence-corrected chi connectivity index (χ4v) is 9.46. The van der Waals surface area contributed by atoms with Crippen molar-refractivity contribution >= 4 is 142 Å². The summed E-state index contributed by atoms with van der Waals surface area (Å²) in [5.41, 5.74) is 0. The molecule has 0 fully saturated rings. The van der Waals surface area contributed by atoms with Gasteiger partial charge in [-0.25, -0.2) is 0 Å². The summed E-state index contributed by atoms with van der Waals surface area (Å²) >= 11 is 9.53. The molecule has 0 aliphatic heterocycles. The standard InChI is InChI=1S/C50H28.CH2Cl2/c1-2-14-30-29(13-1)41-25-45-33-17-5-9-21-37(33)49-39-23-11-7-19-35(39)47(45)27-43(41)31-15-3-4-16-32(31)44-28-48-36-20-8-12-24-40(36)50(49)38-22-10-6-18-34(38)46(48)26-42(30)44;2-1-3/h1-28H;1H2. The van der Waals surface area contributed by atoms with E-state index in [1.807, 2.05) is 0 Å². The van der Waals surface area contributed by atoms with Crippen molar-refractivity contribution in [2.45, 2.75) is 0 Å². The van der Waals surface area contributed by atoms with Crippen molar-refractivity contribution in [3.63, 3.8) is 0 Å². The van der Waals surface area contributed by atoms with Gasteiger partial charge in [-0.3, -0.25) is 0 Å². The van der Waals surface area contributed by atoms with Crippen LogP contribution in [0.3, 0.4) is 0 Å². The molecular formula is C51H30Cl2. The molecule has 0 heterocycles. The summed E-state index contributed by atoms with van der Waals surface area (Å²) in [5.74, 6) is 0. The third kappa shape index (κ3) is 4.31. The molecule has 0 unspecified atom stereocenters. The molecule has 0 saturated heterocycles. The normalized spacial score (nSPS) is 12.0. The first-order chi connectivity index (χ1) is 26.2. The van der Waals surface area contributed by atoms with E-state index in [2.05, 4.69) is 170 Å². The maximum Gasteiger partial charge on any atom is 0.0967 e. The van der Waals surface area contributed by atoms with Gasteiger partial charge in [0.15, 0.2) is 0 Å². The van der Waals surface area contributed by atoms with E-state index < -0.39 is 0 Å². The highest BCUT2D eigenvalue weighted by molar-refractivity contribution is 6.41. The molecule has 0 nitrogen and oxygen atoms in total. The van der Waals surface area contributed by atoms with Crippen molar-refractivity contribution in [2.75, 3.05) is 5.34 Å². The average molecular weight is 714 g/mol. The summed E-state index contributed by atoms with van der Waals surface area (Å²) in [5, 5.41) is 28.2. The molecule has 0 aromatic heterocycles. The van der Waals surface area contributed by atoms with Crippen molar-refractivity contribution in [3.8, 4) is 0 Å². The molecule has 13 rings (SSSR count). The van der Waals surface area contributed by atoms with Crippen molar-refractivity contribution < 1.29 is 0 Å². The SMILES string of the molecule is ClCCl.c1ccc2c(c1)c1cc3c4cc1c1ccccc1c1cc5c(cc21)c1ccccc1c(c1ccccc51)c(c1ccccc31)c1ccccc41. The van der Waals surface area contributed by atoms with E-state index in [4.69, 9.17) is 23.2 Å². The first-order valence-electron chi connectivity index (χ1n) is 18.1. The summed E-state index contributed by atoms with van der Waals surface area (Å²) in [7, 11) is 0. The summed E-state index contributed by atoms with van der Waals surface area (Å²) in [4.78, 5) is 0. The second-order valence-electron chi connectivity index (χ2n) is 14.0. The zero-order valence-corrected chi connectivity index (χ0v) is 30.1. The van der Waals surface area contributed by atoms with E-state index in [1.54, 1.807) is 0 Å². The molecule has 13 aromatic carbocycles. The lowest BCUT2D eigenvalue weighted by molar-refractivity contribution is 1.81. The van der Waals surface area contributed by atoms with Crippen molar-refractivity contribution in [1.82, 2.24) is 0 Å². The smallest absolute Gasteiger partial charge is 0.0967 e. The number of alkyl halides is 2. The summed E-state index contributed by atoms with van der Waals surface area (Å²) < 4.78 is 0. The van der Waals surface area contributed by atoms with Crippen LogP contribution in [0.4, 0.5) is 0 Å². The van der Waals surface area contributed by atoms with Gasteiger partial charge in [0.1, 0.15) is 0 Å². The molecule has 0 N–H and O–H groups in total. The van der Waals surface area contributed by atoms with Crippen LogP contribution in [-0.4, -0.2) is 5.34 Å². The molecule has 0 radical (unpaired) electrons. The molecule has 2 heteroatoms. The van der Waals surface area contributed by atoms with Crippen LogP contribution >= 0.6 is 23.2 Å². The second kappa shape index (κ2) is 11.8. The van der Waals surface area contributed by atoms with Crippen LogP contribution in [0.5, 0.6) is 0 Å². The lowest BCUT2D eigenvalue weighted by Crippen LogP contribution is -1.85. The summed E-state index contributed by atoms with van der Waals surface area (Å²) in [6, 6.07) is 64.6. The molecule has 13 aromatic rings. The summed E-state index contributed by atoms with van der Waals surface area (Å²) in [6.45, 7) is 0. The quantitative estimate of drug-likeness (QED) is 0.137. The van der Waals surface area contributed by atoms with E-state index in [0.29, 0.717) is 0 Å².